The largest absolute Gasteiger partial charge is 0.465 e. The Hall–Kier alpha value is -2.87. The monoisotopic (exact) mass is 513 g/mol. The molecule has 1 aromatic heterocycles. The minimum atomic E-state index is -3.76. The summed E-state index contributed by atoms with van der Waals surface area (Å²) < 4.78 is 49.4. The summed E-state index contributed by atoms with van der Waals surface area (Å²) in [5, 5.41) is 2.82. The van der Waals surface area contributed by atoms with Gasteiger partial charge in [-0.1, -0.05) is 0 Å². The quantitative estimate of drug-likeness (QED) is 0.556. The number of thiophene rings is 1. The van der Waals surface area contributed by atoms with Crippen molar-refractivity contribution in [1.29, 1.82) is 0 Å². The Bertz CT molecular complexity index is 1190. The molecule has 0 aliphatic carbocycles. The highest BCUT2D eigenvalue weighted by Crippen LogP contribution is 2.34. The summed E-state index contributed by atoms with van der Waals surface area (Å²) in [5.41, 5.74) is 0.426. The fourth-order valence-electron chi connectivity index (χ4n) is 3.49. The Morgan fingerprint density at radius 1 is 1.03 bits per heavy atom. The number of ether oxygens (including phenoxy) is 2. The summed E-state index contributed by atoms with van der Waals surface area (Å²) in [6.07, 6.45) is 0. The second-order valence-electron chi connectivity index (χ2n) is 7.43. The molecule has 1 aromatic carbocycles. The number of carbonyl (C=O) groups is 3. The van der Waals surface area contributed by atoms with Crippen LogP contribution in [0.25, 0.3) is 0 Å². The van der Waals surface area contributed by atoms with Crippen LogP contribution in [0, 0.1) is 12.7 Å². The number of anilines is 1. The molecule has 1 aliphatic heterocycles. The number of hydrogen-bond donors (Lipinski definition) is 1. The van der Waals surface area contributed by atoms with Crippen molar-refractivity contribution in [3.8, 4) is 0 Å². The third-order valence-corrected chi connectivity index (χ3v) is 8.41. The average Bonchev–Trinajstić information content (AvgIpc) is 3.14. The molecular formula is C21H24FN3O7S2. The number of carbonyl (C=O) groups excluding carboxylic acids is 3. The number of halogens is 1. The minimum absolute atomic E-state index is 0.00454. The van der Waals surface area contributed by atoms with E-state index in [4.69, 9.17) is 9.47 Å². The van der Waals surface area contributed by atoms with E-state index < -0.39 is 33.7 Å². The Morgan fingerprint density at radius 2 is 1.62 bits per heavy atom. The summed E-state index contributed by atoms with van der Waals surface area (Å²) in [6, 6.07) is 4.62. The number of nitrogens with one attached hydrogen (secondary N) is 1. The molecule has 3 rings (SSSR count). The van der Waals surface area contributed by atoms with Gasteiger partial charge in [-0.15, -0.1) is 11.3 Å². The lowest BCUT2D eigenvalue weighted by Crippen LogP contribution is -2.50. The van der Waals surface area contributed by atoms with E-state index in [9.17, 15) is 27.2 Å². The van der Waals surface area contributed by atoms with Gasteiger partial charge in [0.1, 0.15) is 15.7 Å². The predicted molar refractivity (Wildman–Crippen MR) is 122 cm³/mol. The zero-order valence-corrected chi connectivity index (χ0v) is 20.4. The number of hydrogen-bond acceptors (Lipinski definition) is 9. The second-order valence-corrected chi connectivity index (χ2v) is 10.4. The number of methoxy groups -OCH3 is 2. The lowest BCUT2D eigenvalue weighted by Gasteiger charge is -2.33. The van der Waals surface area contributed by atoms with E-state index in [-0.39, 0.29) is 40.0 Å². The Balaban J connectivity index is 1.64. The van der Waals surface area contributed by atoms with E-state index in [1.54, 1.807) is 11.8 Å². The average molecular weight is 514 g/mol. The molecule has 0 spiro atoms. The predicted octanol–water partition coefficient (Wildman–Crippen LogP) is 1.71. The molecular weight excluding hydrogens is 489 g/mol. The molecule has 0 radical (unpaired) electrons. The van der Waals surface area contributed by atoms with E-state index in [2.05, 4.69) is 5.32 Å². The van der Waals surface area contributed by atoms with Gasteiger partial charge in [-0.2, -0.15) is 4.31 Å². The molecule has 0 unspecified atom stereocenters. The molecule has 10 nitrogen and oxygen atoms in total. The number of nitrogens with zero attached hydrogens (tertiary/aromatic N) is 2. The third kappa shape index (κ3) is 5.43. The first-order valence-electron chi connectivity index (χ1n) is 10.2. The number of piperazine rings is 1. The van der Waals surface area contributed by atoms with Crippen LogP contribution in [-0.2, 0) is 24.3 Å². The van der Waals surface area contributed by atoms with E-state index >= 15 is 0 Å². The summed E-state index contributed by atoms with van der Waals surface area (Å²) in [4.78, 5) is 38.8. The smallest absolute Gasteiger partial charge is 0.348 e. The van der Waals surface area contributed by atoms with Crippen molar-refractivity contribution in [2.45, 2.75) is 11.8 Å². The molecule has 2 heterocycles. The minimum Gasteiger partial charge on any atom is -0.465 e. The van der Waals surface area contributed by atoms with Crippen LogP contribution in [-0.4, -0.2) is 82.4 Å². The van der Waals surface area contributed by atoms with Crippen LogP contribution in [0.4, 0.5) is 9.39 Å². The molecule has 0 saturated carbocycles. The van der Waals surface area contributed by atoms with Crippen molar-refractivity contribution in [2.24, 2.45) is 0 Å². The van der Waals surface area contributed by atoms with E-state index in [0.29, 0.717) is 18.7 Å². The molecule has 13 heteroatoms. The third-order valence-electron chi connectivity index (χ3n) is 5.31. The first-order valence-corrected chi connectivity index (χ1v) is 12.4. The zero-order chi connectivity index (χ0) is 25.0. The number of benzene rings is 1. The summed E-state index contributed by atoms with van der Waals surface area (Å²) in [5.74, 6) is -2.28. The van der Waals surface area contributed by atoms with Crippen LogP contribution in [0.5, 0.6) is 0 Å². The van der Waals surface area contributed by atoms with Gasteiger partial charge < -0.3 is 14.8 Å². The SMILES string of the molecule is COC(=O)c1sc(NC(=O)CN2CCN(S(=O)(=O)c3ccc(F)cc3)CC2)c(C(=O)OC)c1C. The normalized spacial score (nSPS) is 15.1. The van der Waals surface area contributed by atoms with Crippen LogP contribution in [0.1, 0.15) is 25.6 Å². The molecule has 1 amide bonds. The lowest BCUT2D eigenvalue weighted by molar-refractivity contribution is -0.117. The Labute approximate surface area is 200 Å². The van der Waals surface area contributed by atoms with Gasteiger partial charge in [0.2, 0.25) is 15.9 Å². The van der Waals surface area contributed by atoms with Crippen molar-refractivity contribution in [2.75, 3.05) is 52.3 Å². The van der Waals surface area contributed by atoms with Crippen LogP contribution >= 0.6 is 11.3 Å². The van der Waals surface area contributed by atoms with Gasteiger partial charge in [0.05, 0.1) is 31.2 Å². The standard InChI is InChI=1S/C21H24FN3O7S2/c1-13-17(20(27)31-2)19(33-18(13)21(28)32-3)23-16(26)12-24-8-10-25(11-9-24)34(29,30)15-6-4-14(22)5-7-15/h4-7H,8-12H2,1-3H3,(H,23,26). The highest BCUT2D eigenvalue weighted by Gasteiger charge is 2.30. The van der Waals surface area contributed by atoms with Crippen LogP contribution < -0.4 is 5.32 Å². The van der Waals surface area contributed by atoms with Crippen molar-refractivity contribution >= 4 is 44.2 Å². The molecule has 1 fully saturated rings. The highest BCUT2D eigenvalue weighted by molar-refractivity contribution is 7.89. The van der Waals surface area contributed by atoms with E-state index in [0.717, 1.165) is 23.5 Å². The molecule has 0 bridgehead atoms. The van der Waals surface area contributed by atoms with Crippen molar-refractivity contribution in [1.82, 2.24) is 9.21 Å². The molecule has 1 aliphatic rings. The fraction of sp³-hybridized carbons (Fsp3) is 0.381. The molecule has 0 atom stereocenters. The Morgan fingerprint density at radius 3 is 2.18 bits per heavy atom. The fourth-order valence-corrected chi connectivity index (χ4v) is 6.04. The zero-order valence-electron chi connectivity index (χ0n) is 18.8. The van der Waals surface area contributed by atoms with Gasteiger partial charge in [0.15, 0.2) is 0 Å². The topological polar surface area (TPSA) is 122 Å². The maximum absolute atomic E-state index is 13.1. The highest BCUT2D eigenvalue weighted by atomic mass is 32.2. The summed E-state index contributed by atoms with van der Waals surface area (Å²) in [6.45, 7) is 2.43. The molecule has 34 heavy (non-hydrogen) atoms. The summed E-state index contributed by atoms with van der Waals surface area (Å²) >= 11 is 0.915. The summed E-state index contributed by atoms with van der Waals surface area (Å²) in [7, 11) is -1.35. The number of amides is 1. The lowest BCUT2D eigenvalue weighted by atomic mass is 10.1. The van der Waals surface area contributed by atoms with E-state index in [1.165, 1.54) is 30.7 Å². The molecule has 1 N–H and O–H groups in total. The maximum Gasteiger partial charge on any atom is 0.348 e. The van der Waals surface area contributed by atoms with E-state index in [1.807, 2.05) is 0 Å². The molecule has 1 saturated heterocycles. The number of rotatable bonds is 7. The van der Waals surface area contributed by atoms with Gasteiger partial charge in [-0.25, -0.2) is 22.4 Å². The Kier molecular flexibility index (Phi) is 8.02. The first-order chi connectivity index (χ1) is 16.1. The second kappa shape index (κ2) is 10.6. The number of esters is 2. The van der Waals surface area contributed by atoms with Gasteiger partial charge in [-0.3, -0.25) is 9.69 Å². The van der Waals surface area contributed by atoms with Crippen molar-refractivity contribution in [3.05, 3.63) is 46.1 Å². The van der Waals surface area contributed by atoms with Gasteiger partial charge in [0.25, 0.3) is 0 Å². The van der Waals surface area contributed by atoms with Crippen molar-refractivity contribution < 1.29 is 36.7 Å². The molecule has 184 valence electrons. The van der Waals surface area contributed by atoms with Crippen LogP contribution in [0.2, 0.25) is 0 Å². The van der Waals surface area contributed by atoms with Gasteiger partial charge in [0, 0.05) is 26.2 Å². The van der Waals surface area contributed by atoms with Gasteiger partial charge >= 0.3 is 11.9 Å². The van der Waals surface area contributed by atoms with Crippen molar-refractivity contribution in [3.63, 3.8) is 0 Å². The first kappa shape index (κ1) is 25.7. The van der Waals surface area contributed by atoms with Crippen LogP contribution in [0.15, 0.2) is 29.2 Å². The number of sulfonamides is 1. The van der Waals surface area contributed by atoms with Crippen LogP contribution in [0.3, 0.4) is 0 Å². The maximum atomic E-state index is 13.1. The molecule has 2 aromatic rings. The van der Waals surface area contributed by atoms with Gasteiger partial charge in [-0.05, 0) is 36.8 Å².